The van der Waals surface area contributed by atoms with E-state index < -0.39 is 0 Å². The number of rotatable bonds is 3. The molecule has 1 atom stereocenters. The number of hydrogen-bond donors (Lipinski definition) is 2. The molecule has 1 aliphatic carbocycles. The number of anilines is 3. The van der Waals surface area contributed by atoms with Gasteiger partial charge in [0.15, 0.2) is 5.78 Å². The van der Waals surface area contributed by atoms with Crippen LogP contribution in [0.2, 0.25) is 0 Å². The number of Topliss-reactive ketones (excluding diaryl/α,β-unsaturated/α-hetero) is 1. The van der Waals surface area contributed by atoms with Crippen LogP contribution in [0.5, 0.6) is 5.75 Å². The van der Waals surface area contributed by atoms with Crippen molar-refractivity contribution >= 4 is 23.4 Å². The second-order valence-corrected chi connectivity index (χ2v) is 9.88. The van der Waals surface area contributed by atoms with Gasteiger partial charge in [-0.05, 0) is 48.8 Å². The van der Waals surface area contributed by atoms with E-state index in [0.717, 1.165) is 66.3 Å². The second kappa shape index (κ2) is 7.80. The average Bonchev–Trinajstić information content (AvgIpc) is 2.77. The molecule has 0 amide bonds. The normalized spacial score (nSPS) is 22.2. The second-order valence-electron chi connectivity index (χ2n) is 9.88. The van der Waals surface area contributed by atoms with Crippen LogP contribution < -0.4 is 20.7 Å². The van der Waals surface area contributed by atoms with Gasteiger partial charge in [0, 0.05) is 42.3 Å². The molecule has 7 heteroatoms. The number of ether oxygens (including phenoxy) is 1. The van der Waals surface area contributed by atoms with Crippen molar-refractivity contribution in [1.82, 2.24) is 9.97 Å². The maximum Gasteiger partial charge on any atom is 0.229 e. The number of nitrogen functional groups attached to an aromatic ring is 1. The summed E-state index contributed by atoms with van der Waals surface area (Å²) in [6.07, 6.45) is 4.83. The molecule has 32 heavy (non-hydrogen) atoms. The highest BCUT2D eigenvalue weighted by Gasteiger charge is 2.42. The maximum absolute atomic E-state index is 13.4. The Labute approximate surface area is 189 Å². The largest absolute Gasteiger partial charge is 0.497 e. The molecule has 1 saturated heterocycles. The summed E-state index contributed by atoms with van der Waals surface area (Å²) in [4.78, 5) is 25.2. The quantitative estimate of drug-likeness (QED) is 0.747. The topological polar surface area (TPSA) is 93.4 Å². The Morgan fingerprint density at radius 3 is 2.50 bits per heavy atom. The first-order chi connectivity index (χ1) is 15.4. The number of nitrogens with one attached hydrogen (secondary N) is 1. The summed E-state index contributed by atoms with van der Waals surface area (Å²) < 4.78 is 5.34. The highest BCUT2D eigenvalue weighted by molar-refractivity contribution is 6.02. The van der Waals surface area contributed by atoms with E-state index in [1.807, 2.05) is 24.3 Å². The molecule has 0 spiro atoms. The first kappa shape index (κ1) is 20.8. The maximum atomic E-state index is 13.4. The van der Waals surface area contributed by atoms with Crippen LogP contribution in [-0.4, -0.2) is 36.0 Å². The Morgan fingerprint density at radius 1 is 1.09 bits per heavy atom. The number of nitrogens with zero attached hydrogens (tertiary/aromatic N) is 3. The Morgan fingerprint density at radius 2 is 1.81 bits per heavy atom. The fraction of sp³-hybridized carbons (Fsp3) is 0.480. The lowest BCUT2D eigenvalue weighted by molar-refractivity contribution is -0.118. The van der Waals surface area contributed by atoms with Crippen molar-refractivity contribution in [3.05, 3.63) is 46.7 Å². The van der Waals surface area contributed by atoms with E-state index in [4.69, 9.17) is 20.4 Å². The number of carbonyl (C=O) groups is 1. The number of ketones is 1. The van der Waals surface area contributed by atoms with Crippen LogP contribution in [0.1, 0.15) is 63.0 Å². The van der Waals surface area contributed by atoms with Crippen LogP contribution in [0.15, 0.2) is 35.5 Å². The lowest BCUT2D eigenvalue weighted by Gasteiger charge is -2.39. The van der Waals surface area contributed by atoms with Gasteiger partial charge < -0.3 is 20.7 Å². The molecule has 0 radical (unpaired) electrons. The van der Waals surface area contributed by atoms with Gasteiger partial charge in [-0.2, -0.15) is 9.97 Å². The number of allylic oxidation sites excluding steroid dienone is 2. The molecule has 168 valence electrons. The van der Waals surface area contributed by atoms with E-state index in [-0.39, 0.29) is 17.1 Å². The molecule has 1 aromatic carbocycles. The molecule has 0 bridgehead atoms. The third kappa shape index (κ3) is 3.59. The first-order valence-corrected chi connectivity index (χ1v) is 11.5. The minimum atomic E-state index is -0.286. The molecule has 1 fully saturated rings. The van der Waals surface area contributed by atoms with Gasteiger partial charge in [0.25, 0.3) is 0 Å². The Hall–Kier alpha value is -3.09. The number of benzene rings is 1. The smallest absolute Gasteiger partial charge is 0.229 e. The summed E-state index contributed by atoms with van der Waals surface area (Å²) in [5.41, 5.74) is 10.0. The van der Waals surface area contributed by atoms with Crippen molar-refractivity contribution in [1.29, 1.82) is 0 Å². The van der Waals surface area contributed by atoms with Gasteiger partial charge in [0.05, 0.1) is 7.11 Å². The number of piperidine rings is 1. The van der Waals surface area contributed by atoms with Crippen molar-refractivity contribution in [2.75, 3.05) is 36.1 Å². The minimum Gasteiger partial charge on any atom is -0.497 e. The van der Waals surface area contributed by atoms with Gasteiger partial charge >= 0.3 is 0 Å². The SMILES string of the molecule is COc1ccc([C@H]2C3=C(CC(C)(C)CC3=O)Nc3nc(N4CCCCC4)nc(N)c32)cc1. The fourth-order valence-electron chi connectivity index (χ4n) is 5.29. The van der Waals surface area contributed by atoms with Crippen molar-refractivity contribution < 1.29 is 9.53 Å². The Bertz CT molecular complexity index is 1080. The van der Waals surface area contributed by atoms with Gasteiger partial charge in [0.1, 0.15) is 17.4 Å². The summed E-state index contributed by atoms with van der Waals surface area (Å²) in [5.74, 6) is 2.49. The zero-order chi connectivity index (χ0) is 22.5. The van der Waals surface area contributed by atoms with Gasteiger partial charge in [-0.15, -0.1) is 0 Å². The molecule has 3 N–H and O–H groups in total. The molecule has 2 aliphatic heterocycles. The van der Waals surface area contributed by atoms with Crippen LogP contribution in [0.25, 0.3) is 0 Å². The van der Waals surface area contributed by atoms with Crippen LogP contribution in [-0.2, 0) is 4.79 Å². The molecule has 1 aromatic heterocycles. The highest BCUT2D eigenvalue weighted by Crippen LogP contribution is 2.50. The van der Waals surface area contributed by atoms with E-state index in [9.17, 15) is 4.79 Å². The summed E-state index contributed by atoms with van der Waals surface area (Å²) in [5, 5.41) is 3.50. The van der Waals surface area contributed by atoms with Crippen molar-refractivity contribution in [2.24, 2.45) is 5.41 Å². The van der Waals surface area contributed by atoms with E-state index in [1.54, 1.807) is 7.11 Å². The molecule has 7 nitrogen and oxygen atoms in total. The summed E-state index contributed by atoms with van der Waals surface area (Å²) in [6.45, 7) is 6.17. The standard InChI is InChI=1S/C25H31N5O2/c1-25(2)13-17-20(18(31)14-25)19(15-7-9-16(32-3)10-8-15)21-22(26)28-24(29-23(21)27-17)30-11-5-4-6-12-30/h7-10,19H,4-6,11-14H2,1-3H3,(H3,26,27,28,29)/t19-/m0/s1. The van der Waals surface area contributed by atoms with Crippen molar-refractivity contribution in [3.8, 4) is 5.75 Å². The molecule has 5 rings (SSSR count). The average molecular weight is 434 g/mol. The lowest BCUT2D eigenvalue weighted by Crippen LogP contribution is -2.36. The van der Waals surface area contributed by atoms with E-state index >= 15 is 0 Å². The van der Waals surface area contributed by atoms with Gasteiger partial charge in [0.2, 0.25) is 5.95 Å². The molecular formula is C25H31N5O2. The minimum absolute atomic E-state index is 0.0981. The summed E-state index contributed by atoms with van der Waals surface area (Å²) >= 11 is 0. The summed E-state index contributed by atoms with van der Waals surface area (Å²) in [6, 6.07) is 7.86. The van der Waals surface area contributed by atoms with Crippen molar-refractivity contribution in [2.45, 2.75) is 51.9 Å². The molecular weight excluding hydrogens is 402 g/mol. The van der Waals surface area contributed by atoms with E-state index in [1.165, 1.54) is 6.42 Å². The fourth-order valence-corrected chi connectivity index (χ4v) is 5.29. The first-order valence-electron chi connectivity index (χ1n) is 11.5. The van der Waals surface area contributed by atoms with E-state index in [0.29, 0.717) is 18.2 Å². The monoisotopic (exact) mass is 433 g/mol. The predicted octanol–water partition coefficient (Wildman–Crippen LogP) is 4.26. The predicted molar refractivity (Wildman–Crippen MR) is 126 cm³/mol. The molecule has 0 unspecified atom stereocenters. The van der Waals surface area contributed by atoms with Gasteiger partial charge in [-0.3, -0.25) is 4.79 Å². The van der Waals surface area contributed by atoms with Gasteiger partial charge in [-0.1, -0.05) is 26.0 Å². The van der Waals surface area contributed by atoms with Gasteiger partial charge in [-0.25, -0.2) is 0 Å². The number of carbonyl (C=O) groups excluding carboxylic acids is 1. The molecule has 3 heterocycles. The van der Waals surface area contributed by atoms with Crippen LogP contribution >= 0.6 is 0 Å². The molecule has 0 saturated carbocycles. The molecule has 3 aliphatic rings. The molecule has 2 aromatic rings. The zero-order valence-corrected chi connectivity index (χ0v) is 19.1. The Balaban J connectivity index is 1.66. The number of nitrogens with two attached hydrogens (primary N) is 1. The number of hydrogen-bond acceptors (Lipinski definition) is 7. The zero-order valence-electron chi connectivity index (χ0n) is 19.1. The van der Waals surface area contributed by atoms with E-state index in [2.05, 4.69) is 24.1 Å². The third-order valence-electron chi connectivity index (χ3n) is 6.82. The highest BCUT2D eigenvalue weighted by atomic mass is 16.5. The van der Waals surface area contributed by atoms with Crippen molar-refractivity contribution in [3.63, 3.8) is 0 Å². The van der Waals surface area contributed by atoms with Crippen LogP contribution in [0.3, 0.4) is 0 Å². The van der Waals surface area contributed by atoms with Crippen LogP contribution in [0.4, 0.5) is 17.6 Å². The lowest BCUT2D eigenvalue weighted by atomic mass is 9.69. The van der Waals surface area contributed by atoms with Crippen LogP contribution in [0, 0.1) is 5.41 Å². The number of methoxy groups -OCH3 is 1. The summed E-state index contributed by atoms with van der Waals surface area (Å²) in [7, 11) is 1.65. The number of aromatic nitrogens is 2. The third-order valence-corrected chi connectivity index (χ3v) is 6.82. The Kier molecular flexibility index (Phi) is 5.07. The number of fused-ring (bicyclic) bond motifs is 1.